The zero-order chi connectivity index (χ0) is 9.97. The first-order chi connectivity index (χ1) is 6.75. The fourth-order valence-corrected chi connectivity index (χ4v) is 2.06. The van der Waals surface area contributed by atoms with Crippen molar-refractivity contribution in [3.63, 3.8) is 0 Å². The van der Waals surface area contributed by atoms with Crippen LogP contribution in [0.4, 0.5) is 0 Å². The number of nitrogens with zero attached hydrogens (tertiary/aromatic N) is 1. The summed E-state index contributed by atoms with van der Waals surface area (Å²) in [5, 5.41) is 0. The molecule has 0 radical (unpaired) electrons. The maximum absolute atomic E-state index is 6.11. The highest BCUT2D eigenvalue weighted by atomic mass is 15.2. The highest BCUT2D eigenvalue weighted by Crippen LogP contribution is 2.18. The minimum Gasteiger partial charge on any atom is -0.323 e. The van der Waals surface area contributed by atoms with Gasteiger partial charge in [0.05, 0.1) is 0 Å². The van der Waals surface area contributed by atoms with Crippen LogP contribution in [0.2, 0.25) is 0 Å². The number of benzene rings is 1. The van der Waals surface area contributed by atoms with E-state index >= 15 is 0 Å². The maximum atomic E-state index is 6.11. The molecule has 0 amide bonds. The van der Waals surface area contributed by atoms with Gasteiger partial charge in [-0.2, -0.15) is 0 Å². The molecule has 14 heavy (non-hydrogen) atoms. The Morgan fingerprint density at radius 2 is 2.00 bits per heavy atom. The molecule has 1 aliphatic rings. The third-order valence-electron chi connectivity index (χ3n) is 2.82. The Balaban J connectivity index is 1.87. The Morgan fingerprint density at radius 3 is 2.57 bits per heavy atom. The van der Waals surface area contributed by atoms with Crippen LogP contribution in [-0.2, 0) is 0 Å². The Kier molecular flexibility index (Phi) is 2.85. The van der Waals surface area contributed by atoms with Crippen LogP contribution in [0.25, 0.3) is 0 Å². The summed E-state index contributed by atoms with van der Waals surface area (Å²) in [4.78, 5) is 2.42. The predicted molar refractivity (Wildman–Crippen MR) is 59.0 cm³/mol. The first kappa shape index (κ1) is 9.69. The van der Waals surface area contributed by atoms with Crippen LogP contribution in [0.15, 0.2) is 30.3 Å². The van der Waals surface area contributed by atoms with Crippen LogP contribution in [0.1, 0.15) is 18.5 Å². The van der Waals surface area contributed by atoms with Gasteiger partial charge < -0.3 is 10.6 Å². The molecular formula is C12H18N2. The highest BCUT2D eigenvalue weighted by Gasteiger charge is 2.23. The van der Waals surface area contributed by atoms with E-state index in [0.717, 1.165) is 12.5 Å². The molecule has 2 rings (SSSR count). The summed E-state index contributed by atoms with van der Waals surface area (Å²) in [6.07, 6.45) is 0. The molecule has 76 valence electrons. The van der Waals surface area contributed by atoms with Crippen LogP contribution in [-0.4, -0.2) is 24.5 Å². The van der Waals surface area contributed by atoms with Crippen LogP contribution >= 0.6 is 0 Å². The molecule has 1 aromatic carbocycles. The van der Waals surface area contributed by atoms with E-state index in [9.17, 15) is 0 Å². The minimum absolute atomic E-state index is 0.170. The summed E-state index contributed by atoms with van der Waals surface area (Å²) in [5.41, 5.74) is 7.35. The summed E-state index contributed by atoms with van der Waals surface area (Å²) < 4.78 is 0. The van der Waals surface area contributed by atoms with Crippen molar-refractivity contribution < 1.29 is 0 Å². The molecule has 0 aliphatic carbocycles. The van der Waals surface area contributed by atoms with Gasteiger partial charge in [0.2, 0.25) is 0 Å². The van der Waals surface area contributed by atoms with Gasteiger partial charge in [-0.15, -0.1) is 0 Å². The lowest BCUT2D eigenvalue weighted by Gasteiger charge is -2.38. The van der Waals surface area contributed by atoms with E-state index in [1.54, 1.807) is 0 Å². The maximum Gasteiger partial charge on any atom is 0.0424 e. The molecule has 1 heterocycles. The van der Waals surface area contributed by atoms with Crippen molar-refractivity contribution in [2.24, 2.45) is 11.7 Å². The van der Waals surface area contributed by atoms with Crippen molar-refractivity contribution in [1.29, 1.82) is 0 Å². The van der Waals surface area contributed by atoms with E-state index in [1.165, 1.54) is 18.7 Å². The zero-order valence-corrected chi connectivity index (χ0v) is 8.69. The third kappa shape index (κ3) is 2.14. The molecule has 1 aromatic rings. The van der Waals surface area contributed by atoms with Crippen molar-refractivity contribution in [1.82, 2.24) is 4.90 Å². The van der Waals surface area contributed by atoms with E-state index in [1.807, 2.05) is 18.2 Å². The molecule has 1 aliphatic heterocycles. The van der Waals surface area contributed by atoms with Gasteiger partial charge >= 0.3 is 0 Å². The fraction of sp³-hybridized carbons (Fsp3) is 0.500. The topological polar surface area (TPSA) is 29.3 Å². The van der Waals surface area contributed by atoms with Gasteiger partial charge in [-0.3, -0.25) is 0 Å². The molecule has 2 N–H and O–H groups in total. The van der Waals surface area contributed by atoms with Gasteiger partial charge in [-0.1, -0.05) is 37.3 Å². The van der Waals surface area contributed by atoms with Gasteiger partial charge in [0.15, 0.2) is 0 Å². The molecule has 0 bridgehead atoms. The van der Waals surface area contributed by atoms with Gasteiger partial charge in [0.25, 0.3) is 0 Å². The number of nitrogens with two attached hydrogens (primary N) is 1. The summed E-state index contributed by atoms with van der Waals surface area (Å²) in [5.74, 6) is 0.859. The first-order valence-electron chi connectivity index (χ1n) is 5.28. The fourth-order valence-electron chi connectivity index (χ4n) is 2.06. The van der Waals surface area contributed by atoms with E-state index < -0.39 is 0 Å². The summed E-state index contributed by atoms with van der Waals surface area (Å²) in [7, 11) is 0. The van der Waals surface area contributed by atoms with Crippen LogP contribution in [0, 0.1) is 5.92 Å². The molecule has 2 nitrogen and oxygen atoms in total. The normalized spacial score (nSPS) is 20.4. The standard InChI is InChI=1S/C12H18N2/c1-10-7-14(8-10)9-12(13)11-5-3-2-4-6-11/h2-6,10,12H,7-9,13H2,1H3. The van der Waals surface area contributed by atoms with Crippen molar-refractivity contribution >= 4 is 0 Å². The Labute approximate surface area is 85.7 Å². The summed E-state index contributed by atoms with van der Waals surface area (Å²) >= 11 is 0. The van der Waals surface area contributed by atoms with E-state index in [2.05, 4.69) is 24.0 Å². The molecule has 1 unspecified atom stereocenters. The zero-order valence-electron chi connectivity index (χ0n) is 8.69. The van der Waals surface area contributed by atoms with Gasteiger partial charge in [0.1, 0.15) is 0 Å². The lowest BCUT2D eigenvalue weighted by Crippen LogP contribution is -2.47. The summed E-state index contributed by atoms with van der Waals surface area (Å²) in [6, 6.07) is 10.5. The van der Waals surface area contributed by atoms with Gasteiger partial charge in [-0.25, -0.2) is 0 Å². The van der Waals surface area contributed by atoms with Crippen molar-refractivity contribution in [2.75, 3.05) is 19.6 Å². The van der Waals surface area contributed by atoms with Crippen LogP contribution in [0.5, 0.6) is 0 Å². The van der Waals surface area contributed by atoms with E-state index in [0.29, 0.717) is 0 Å². The molecule has 1 saturated heterocycles. The smallest absolute Gasteiger partial charge is 0.0424 e. The first-order valence-corrected chi connectivity index (χ1v) is 5.28. The quantitative estimate of drug-likeness (QED) is 0.785. The number of hydrogen-bond donors (Lipinski definition) is 1. The lowest BCUT2D eigenvalue weighted by molar-refractivity contribution is 0.105. The molecule has 1 atom stereocenters. The average molecular weight is 190 g/mol. The van der Waals surface area contributed by atoms with Gasteiger partial charge in [-0.05, 0) is 11.5 Å². The largest absolute Gasteiger partial charge is 0.323 e. The second-order valence-electron chi connectivity index (χ2n) is 4.34. The Hall–Kier alpha value is -0.860. The van der Waals surface area contributed by atoms with E-state index in [-0.39, 0.29) is 6.04 Å². The Morgan fingerprint density at radius 1 is 1.36 bits per heavy atom. The molecule has 0 saturated carbocycles. The molecular weight excluding hydrogens is 172 g/mol. The van der Waals surface area contributed by atoms with Crippen molar-refractivity contribution in [2.45, 2.75) is 13.0 Å². The van der Waals surface area contributed by atoms with Crippen LogP contribution in [0.3, 0.4) is 0 Å². The molecule has 0 spiro atoms. The second kappa shape index (κ2) is 4.11. The predicted octanol–water partition coefficient (Wildman–Crippen LogP) is 1.64. The van der Waals surface area contributed by atoms with Crippen LogP contribution < -0.4 is 5.73 Å². The number of likely N-dealkylation sites (tertiary alicyclic amines) is 1. The Bertz CT molecular complexity index is 278. The summed E-state index contributed by atoms with van der Waals surface area (Å²) in [6.45, 7) is 5.69. The molecule has 2 heteroatoms. The third-order valence-corrected chi connectivity index (χ3v) is 2.82. The monoisotopic (exact) mass is 190 g/mol. The lowest BCUT2D eigenvalue weighted by atomic mass is 10.00. The second-order valence-corrected chi connectivity index (χ2v) is 4.34. The highest BCUT2D eigenvalue weighted by molar-refractivity contribution is 5.18. The van der Waals surface area contributed by atoms with Crippen molar-refractivity contribution in [3.8, 4) is 0 Å². The number of hydrogen-bond acceptors (Lipinski definition) is 2. The van der Waals surface area contributed by atoms with Gasteiger partial charge in [0, 0.05) is 25.7 Å². The molecule has 1 fully saturated rings. The SMILES string of the molecule is CC1CN(CC(N)c2ccccc2)C1. The average Bonchev–Trinajstić information content (AvgIpc) is 2.17. The number of rotatable bonds is 3. The van der Waals surface area contributed by atoms with Crippen molar-refractivity contribution in [3.05, 3.63) is 35.9 Å². The van der Waals surface area contributed by atoms with E-state index in [4.69, 9.17) is 5.73 Å². The minimum atomic E-state index is 0.170. The molecule has 0 aromatic heterocycles.